The van der Waals surface area contributed by atoms with Crippen LogP contribution in [0.2, 0.25) is 0 Å². The molecule has 0 bridgehead atoms. The predicted molar refractivity (Wildman–Crippen MR) is 79.0 cm³/mol. The molecular weight excluding hydrogens is 322 g/mol. The summed E-state index contributed by atoms with van der Waals surface area (Å²) in [6.07, 6.45) is 4.34. The smallest absolute Gasteiger partial charge is 0.303 e. The largest absolute Gasteiger partial charge is 0.481 e. The van der Waals surface area contributed by atoms with Gasteiger partial charge < -0.3 is 5.11 Å². The Morgan fingerprint density at radius 1 is 1.40 bits per heavy atom. The van der Waals surface area contributed by atoms with Crippen LogP contribution in [0, 0.1) is 6.92 Å². The number of carbonyl (C=O) groups is 1. The number of unbranched alkanes of at least 4 members (excludes halogenated alkanes) is 1. The van der Waals surface area contributed by atoms with E-state index in [4.69, 9.17) is 5.11 Å². The Hall–Kier alpha value is -1.69. The van der Waals surface area contributed by atoms with Crippen LogP contribution >= 0.6 is 15.9 Å². The minimum atomic E-state index is -0.751. The van der Waals surface area contributed by atoms with Gasteiger partial charge in [0.25, 0.3) is 0 Å². The molecule has 0 aliphatic carbocycles. The first-order valence-corrected chi connectivity index (χ1v) is 7.25. The van der Waals surface area contributed by atoms with E-state index in [-0.39, 0.29) is 6.42 Å². The molecule has 0 fully saturated rings. The van der Waals surface area contributed by atoms with Gasteiger partial charge in [0.2, 0.25) is 0 Å². The maximum atomic E-state index is 10.4. The number of aromatic nitrogens is 3. The minimum Gasteiger partial charge on any atom is -0.481 e. The number of benzene rings is 1. The van der Waals surface area contributed by atoms with E-state index in [1.165, 1.54) is 0 Å². The van der Waals surface area contributed by atoms with E-state index >= 15 is 0 Å². The average Bonchev–Trinajstić information content (AvgIpc) is 2.83. The van der Waals surface area contributed by atoms with Crippen molar-refractivity contribution < 1.29 is 9.90 Å². The summed E-state index contributed by atoms with van der Waals surface area (Å²) in [6.45, 7) is 2.02. The molecule has 1 heterocycles. The molecule has 0 saturated heterocycles. The molecule has 1 aromatic carbocycles. The lowest BCUT2D eigenvalue weighted by Gasteiger charge is -2.04. The van der Waals surface area contributed by atoms with Gasteiger partial charge in [0, 0.05) is 10.9 Å². The predicted octanol–water partition coefficient (Wildman–Crippen LogP) is 3.14. The third kappa shape index (κ3) is 3.90. The number of carboxylic acid groups (broad SMARTS) is 1. The number of nitrogens with zero attached hydrogens (tertiary/aromatic N) is 3. The third-order valence-corrected chi connectivity index (χ3v) is 3.51. The van der Waals surface area contributed by atoms with Crippen LogP contribution in [0.3, 0.4) is 0 Å². The number of rotatable bonds is 6. The summed E-state index contributed by atoms with van der Waals surface area (Å²) in [7, 11) is 0. The van der Waals surface area contributed by atoms with E-state index < -0.39 is 5.97 Å². The fourth-order valence-corrected chi connectivity index (χ4v) is 2.46. The van der Waals surface area contributed by atoms with Crippen molar-refractivity contribution in [2.75, 3.05) is 0 Å². The monoisotopic (exact) mass is 337 g/mol. The molecule has 2 aromatic rings. The first-order chi connectivity index (χ1) is 9.56. The number of carboxylic acids is 1. The Morgan fingerprint density at radius 3 is 2.90 bits per heavy atom. The zero-order valence-electron chi connectivity index (χ0n) is 11.2. The van der Waals surface area contributed by atoms with Gasteiger partial charge in [-0.1, -0.05) is 21.1 Å². The number of hydrogen-bond donors (Lipinski definition) is 1. The van der Waals surface area contributed by atoms with Crippen LogP contribution in [0.1, 0.15) is 30.5 Å². The fraction of sp³-hybridized carbons (Fsp3) is 0.357. The van der Waals surface area contributed by atoms with Crippen LogP contribution in [-0.4, -0.2) is 26.1 Å². The van der Waals surface area contributed by atoms with E-state index in [0.717, 1.165) is 34.3 Å². The fourth-order valence-electron chi connectivity index (χ4n) is 1.99. The van der Waals surface area contributed by atoms with Gasteiger partial charge in [-0.25, -0.2) is 4.68 Å². The molecule has 0 radical (unpaired) electrons. The van der Waals surface area contributed by atoms with Gasteiger partial charge in [-0.2, -0.15) is 0 Å². The quantitative estimate of drug-likeness (QED) is 0.822. The standard InChI is InChI=1S/C14H16BrN3O2/c1-10-8-11(15)6-7-13(10)18-9-12(16-17-18)4-2-3-5-14(19)20/h6-9H,2-5H2,1H3,(H,19,20). The maximum absolute atomic E-state index is 10.4. The molecule has 6 heteroatoms. The van der Waals surface area contributed by atoms with Crippen molar-refractivity contribution >= 4 is 21.9 Å². The Morgan fingerprint density at radius 2 is 2.20 bits per heavy atom. The Kier molecular flexibility index (Phi) is 4.89. The van der Waals surface area contributed by atoms with E-state index in [9.17, 15) is 4.79 Å². The molecule has 1 aromatic heterocycles. The summed E-state index contributed by atoms with van der Waals surface area (Å²) in [5, 5.41) is 16.8. The van der Waals surface area contributed by atoms with E-state index in [2.05, 4.69) is 26.2 Å². The lowest BCUT2D eigenvalue weighted by atomic mass is 10.1. The maximum Gasteiger partial charge on any atom is 0.303 e. The highest BCUT2D eigenvalue weighted by atomic mass is 79.9. The molecule has 5 nitrogen and oxygen atoms in total. The van der Waals surface area contributed by atoms with Gasteiger partial charge in [0.1, 0.15) is 0 Å². The second-order valence-electron chi connectivity index (χ2n) is 4.69. The highest BCUT2D eigenvalue weighted by molar-refractivity contribution is 9.10. The summed E-state index contributed by atoms with van der Waals surface area (Å²) < 4.78 is 2.79. The molecule has 1 N–H and O–H groups in total. The van der Waals surface area contributed by atoms with E-state index in [0.29, 0.717) is 6.42 Å². The lowest BCUT2D eigenvalue weighted by Crippen LogP contribution is -1.97. The van der Waals surface area contributed by atoms with Gasteiger partial charge in [0.05, 0.1) is 17.6 Å². The van der Waals surface area contributed by atoms with Gasteiger partial charge in [-0.3, -0.25) is 4.79 Å². The molecule has 106 valence electrons. The third-order valence-electron chi connectivity index (χ3n) is 3.02. The van der Waals surface area contributed by atoms with E-state index in [1.54, 1.807) is 4.68 Å². The first-order valence-electron chi connectivity index (χ1n) is 6.46. The summed E-state index contributed by atoms with van der Waals surface area (Å²) >= 11 is 3.43. The van der Waals surface area contributed by atoms with Crippen LogP contribution in [0.15, 0.2) is 28.9 Å². The van der Waals surface area contributed by atoms with Crippen molar-refractivity contribution in [3.05, 3.63) is 40.1 Å². The lowest BCUT2D eigenvalue weighted by molar-refractivity contribution is -0.137. The molecule has 20 heavy (non-hydrogen) atoms. The molecule has 0 unspecified atom stereocenters. The zero-order valence-corrected chi connectivity index (χ0v) is 12.8. The van der Waals surface area contributed by atoms with Crippen molar-refractivity contribution in [2.24, 2.45) is 0 Å². The van der Waals surface area contributed by atoms with Crippen LogP contribution < -0.4 is 0 Å². The van der Waals surface area contributed by atoms with Gasteiger partial charge in [-0.15, -0.1) is 5.10 Å². The molecular formula is C14H16BrN3O2. The Labute approximate surface area is 125 Å². The molecule has 0 aliphatic heterocycles. The number of hydrogen-bond acceptors (Lipinski definition) is 3. The van der Waals surface area contributed by atoms with Gasteiger partial charge in [0.15, 0.2) is 0 Å². The molecule has 0 amide bonds. The summed E-state index contributed by atoms with van der Waals surface area (Å²) in [5.41, 5.74) is 3.00. The van der Waals surface area contributed by atoms with Crippen molar-refractivity contribution in [3.8, 4) is 5.69 Å². The molecule has 2 rings (SSSR count). The van der Waals surface area contributed by atoms with Crippen LogP contribution in [0.25, 0.3) is 5.69 Å². The molecule has 0 atom stereocenters. The van der Waals surface area contributed by atoms with Crippen LogP contribution in [0.4, 0.5) is 0 Å². The summed E-state index contributed by atoms with van der Waals surface area (Å²) in [6, 6.07) is 5.99. The Balaban J connectivity index is 1.99. The number of halogens is 1. The number of aliphatic carboxylic acids is 1. The SMILES string of the molecule is Cc1cc(Br)ccc1-n1cc(CCCCC(=O)O)nn1. The number of aryl methyl sites for hydroxylation is 2. The highest BCUT2D eigenvalue weighted by Gasteiger charge is 2.06. The zero-order chi connectivity index (χ0) is 14.5. The van der Waals surface area contributed by atoms with Gasteiger partial charge >= 0.3 is 5.97 Å². The van der Waals surface area contributed by atoms with Crippen molar-refractivity contribution in [1.29, 1.82) is 0 Å². The van der Waals surface area contributed by atoms with Crippen LogP contribution in [-0.2, 0) is 11.2 Å². The van der Waals surface area contributed by atoms with Gasteiger partial charge in [-0.05, 0) is 49.9 Å². The summed E-state index contributed by atoms with van der Waals surface area (Å²) in [5.74, 6) is -0.751. The van der Waals surface area contributed by atoms with Crippen molar-refractivity contribution in [1.82, 2.24) is 15.0 Å². The minimum absolute atomic E-state index is 0.208. The second-order valence-corrected chi connectivity index (χ2v) is 5.60. The Bertz CT molecular complexity index is 610. The summed E-state index contributed by atoms with van der Waals surface area (Å²) in [4.78, 5) is 10.4. The molecule has 0 saturated carbocycles. The van der Waals surface area contributed by atoms with Crippen molar-refractivity contribution in [3.63, 3.8) is 0 Å². The molecule has 0 aliphatic rings. The van der Waals surface area contributed by atoms with E-state index in [1.807, 2.05) is 31.3 Å². The van der Waals surface area contributed by atoms with Crippen molar-refractivity contribution in [2.45, 2.75) is 32.6 Å². The topological polar surface area (TPSA) is 68.0 Å². The average molecular weight is 338 g/mol. The first kappa shape index (κ1) is 14.7. The normalized spacial score (nSPS) is 10.7. The molecule has 0 spiro atoms. The highest BCUT2D eigenvalue weighted by Crippen LogP contribution is 2.19. The second kappa shape index (κ2) is 6.65. The van der Waals surface area contributed by atoms with Crippen LogP contribution in [0.5, 0.6) is 0 Å².